The molecule has 47 heavy (non-hydrogen) atoms. The maximum absolute atomic E-state index is 14.0. The predicted molar refractivity (Wildman–Crippen MR) is 171 cm³/mol. The largest absolute Gasteiger partial charge is 0.507 e. The number of amides is 5. The van der Waals surface area contributed by atoms with Crippen molar-refractivity contribution in [3.8, 4) is 5.75 Å². The molecule has 2 aromatic carbocycles. The number of phenols is 1. The fourth-order valence-corrected chi connectivity index (χ4v) is 6.05. The number of nitro benzene ring substituents is 1. The van der Waals surface area contributed by atoms with Crippen LogP contribution in [0.25, 0.3) is 0 Å². The highest BCUT2D eigenvalue weighted by Gasteiger charge is 2.41. The van der Waals surface area contributed by atoms with Crippen molar-refractivity contribution in [1.29, 1.82) is 0 Å². The van der Waals surface area contributed by atoms with Crippen molar-refractivity contribution in [3.05, 3.63) is 69.8 Å². The molecule has 4 rings (SSSR count). The molecule has 2 heterocycles. The Balaban J connectivity index is 1.79. The predicted octanol–water partition coefficient (Wildman–Crippen LogP) is 1.79. The molecule has 252 valence electrons. The Labute approximate surface area is 273 Å². The first kappa shape index (κ1) is 34.9. The third-order valence-electron chi connectivity index (χ3n) is 8.59. The molecule has 14 heteroatoms. The summed E-state index contributed by atoms with van der Waals surface area (Å²) < 4.78 is 0. The number of carbonyl (C=O) groups is 5. The number of nitrogens with zero attached hydrogens (tertiary/aromatic N) is 3. The van der Waals surface area contributed by atoms with E-state index in [0.29, 0.717) is 19.3 Å². The third kappa shape index (κ3) is 8.23. The van der Waals surface area contributed by atoms with E-state index in [2.05, 4.69) is 16.0 Å². The van der Waals surface area contributed by atoms with Gasteiger partial charge < -0.3 is 30.9 Å². The van der Waals surface area contributed by atoms with Gasteiger partial charge in [-0.2, -0.15) is 0 Å². The molecule has 2 fully saturated rings. The fourth-order valence-electron chi connectivity index (χ4n) is 6.05. The molecule has 2 aliphatic heterocycles. The second kappa shape index (κ2) is 15.1. The van der Waals surface area contributed by atoms with E-state index in [4.69, 9.17) is 0 Å². The summed E-state index contributed by atoms with van der Waals surface area (Å²) in [6, 6.07) is 7.10. The summed E-state index contributed by atoms with van der Waals surface area (Å²) in [7, 11) is 0. The number of nitro groups is 1. The summed E-state index contributed by atoms with van der Waals surface area (Å²) in [6.45, 7) is 6.37. The number of hydrogen-bond donors (Lipinski definition) is 4. The molecule has 0 bridgehead atoms. The normalized spacial score (nSPS) is 24.6. The van der Waals surface area contributed by atoms with E-state index >= 15 is 0 Å². The van der Waals surface area contributed by atoms with E-state index in [1.165, 1.54) is 36.9 Å². The van der Waals surface area contributed by atoms with Crippen LogP contribution in [0.2, 0.25) is 0 Å². The van der Waals surface area contributed by atoms with Crippen LogP contribution in [0.1, 0.15) is 58.1 Å². The zero-order valence-electron chi connectivity index (χ0n) is 27.0. The number of carbonyl (C=O) groups excluding carboxylic acids is 5. The maximum Gasteiger partial charge on any atom is 0.278 e. The van der Waals surface area contributed by atoms with Gasteiger partial charge in [-0.05, 0) is 50.7 Å². The molecule has 5 atom stereocenters. The van der Waals surface area contributed by atoms with Gasteiger partial charge in [0.1, 0.15) is 36.0 Å². The number of phenolic OH excluding ortho intramolecular Hbond substituents is 1. The minimum Gasteiger partial charge on any atom is -0.507 e. The van der Waals surface area contributed by atoms with E-state index in [-0.39, 0.29) is 24.4 Å². The SMILES string of the molecule is CC(C)C[C@@H]1NC(=O)[C@H](Cc2ccccc2)NC(=O)[C@H](C)N(Cc2c(O)cccc2[N+](=O)[O-])C(=O)[C@H](C)NC(=O)[C@@H]2CCCN2C1=O. The Bertz CT molecular complexity index is 1520. The number of benzene rings is 2. The second-order valence-corrected chi connectivity index (χ2v) is 12.5. The molecule has 2 saturated heterocycles. The van der Waals surface area contributed by atoms with Crippen LogP contribution in [0.15, 0.2) is 48.5 Å². The van der Waals surface area contributed by atoms with Gasteiger partial charge in [-0.25, -0.2) is 0 Å². The van der Waals surface area contributed by atoms with E-state index in [1.54, 1.807) is 24.3 Å². The molecule has 2 aliphatic rings. The van der Waals surface area contributed by atoms with E-state index < -0.39 is 82.7 Å². The summed E-state index contributed by atoms with van der Waals surface area (Å²) in [5.74, 6) is -3.58. The number of fused-ring (bicyclic) bond motifs is 1. The highest BCUT2D eigenvalue weighted by atomic mass is 16.6. The van der Waals surface area contributed by atoms with Gasteiger partial charge in [-0.1, -0.05) is 50.2 Å². The topological polar surface area (TPSA) is 191 Å². The first-order valence-electron chi connectivity index (χ1n) is 15.8. The lowest BCUT2D eigenvalue weighted by molar-refractivity contribution is -0.385. The molecule has 0 aliphatic carbocycles. The summed E-state index contributed by atoms with van der Waals surface area (Å²) in [5, 5.41) is 30.6. The lowest BCUT2D eigenvalue weighted by Gasteiger charge is -2.32. The van der Waals surface area contributed by atoms with E-state index in [9.17, 15) is 39.2 Å². The number of aromatic hydroxyl groups is 1. The van der Waals surface area contributed by atoms with Crippen LogP contribution >= 0.6 is 0 Å². The van der Waals surface area contributed by atoms with Gasteiger partial charge in [0, 0.05) is 19.0 Å². The Hall–Kier alpha value is -5.01. The molecular weight excluding hydrogens is 608 g/mol. The summed E-state index contributed by atoms with van der Waals surface area (Å²) in [6.07, 6.45) is 1.25. The first-order chi connectivity index (χ1) is 22.3. The van der Waals surface area contributed by atoms with E-state index in [1.807, 2.05) is 19.9 Å². The lowest BCUT2D eigenvalue weighted by atomic mass is 10.00. The zero-order chi connectivity index (χ0) is 34.4. The average molecular weight is 651 g/mol. The fraction of sp³-hybridized carbons (Fsp3) is 0.485. The smallest absolute Gasteiger partial charge is 0.278 e. The highest BCUT2D eigenvalue weighted by Crippen LogP contribution is 2.30. The van der Waals surface area contributed by atoms with Crippen LogP contribution in [0.4, 0.5) is 5.69 Å². The van der Waals surface area contributed by atoms with Crippen LogP contribution in [-0.2, 0) is 36.9 Å². The van der Waals surface area contributed by atoms with Gasteiger partial charge in [0.2, 0.25) is 29.5 Å². The number of rotatable bonds is 7. The van der Waals surface area contributed by atoms with Crippen molar-refractivity contribution >= 4 is 35.2 Å². The minimum atomic E-state index is -1.31. The lowest BCUT2D eigenvalue weighted by Crippen LogP contribution is -2.58. The van der Waals surface area contributed by atoms with Crippen molar-refractivity contribution in [1.82, 2.24) is 25.8 Å². The standard InChI is InChI=1S/C33H42N6O8/c1-19(2)16-25-33(45)37-15-9-13-27(37)31(43)34-20(3)32(44)38(18-23-26(39(46)47)12-8-14-28(23)40)21(4)29(41)35-24(30(42)36-25)17-22-10-6-5-7-11-22/h5-8,10-12,14,19-21,24-25,27,40H,9,13,15-18H2,1-4H3,(H,34,43)(H,35,41)(H,36,42)/t20-,21-,24-,25-,27-/m0/s1. The molecular formula is C33H42N6O8. The number of hydrogen-bond acceptors (Lipinski definition) is 8. The quantitative estimate of drug-likeness (QED) is 0.257. The van der Waals surface area contributed by atoms with Crippen molar-refractivity contribution < 1.29 is 34.0 Å². The van der Waals surface area contributed by atoms with Crippen LogP contribution in [0.5, 0.6) is 5.75 Å². The van der Waals surface area contributed by atoms with Gasteiger partial charge >= 0.3 is 0 Å². The Morgan fingerprint density at radius 1 is 0.894 bits per heavy atom. The number of nitrogens with one attached hydrogen (secondary N) is 3. The Morgan fingerprint density at radius 3 is 2.23 bits per heavy atom. The van der Waals surface area contributed by atoms with Crippen LogP contribution < -0.4 is 16.0 Å². The van der Waals surface area contributed by atoms with Crippen LogP contribution in [0.3, 0.4) is 0 Å². The second-order valence-electron chi connectivity index (χ2n) is 12.5. The summed E-state index contributed by atoms with van der Waals surface area (Å²) in [5.41, 5.74) is 0.0614. The average Bonchev–Trinajstić information content (AvgIpc) is 3.52. The summed E-state index contributed by atoms with van der Waals surface area (Å²) in [4.78, 5) is 82.7. The first-order valence-corrected chi connectivity index (χ1v) is 15.8. The molecule has 0 unspecified atom stereocenters. The highest BCUT2D eigenvalue weighted by molar-refractivity contribution is 5.98. The molecule has 0 saturated carbocycles. The Morgan fingerprint density at radius 2 is 1.57 bits per heavy atom. The molecule has 4 N–H and O–H groups in total. The molecule has 0 spiro atoms. The van der Waals surface area contributed by atoms with Gasteiger partial charge in [-0.15, -0.1) is 0 Å². The van der Waals surface area contributed by atoms with Crippen LogP contribution in [0, 0.1) is 16.0 Å². The van der Waals surface area contributed by atoms with Gasteiger partial charge in [0.05, 0.1) is 17.0 Å². The van der Waals surface area contributed by atoms with Crippen molar-refractivity contribution in [2.45, 2.75) is 90.1 Å². The van der Waals surface area contributed by atoms with E-state index in [0.717, 1.165) is 10.5 Å². The molecule has 2 aromatic rings. The van der Waals surface area contributed by atoms with Gasteiger partial charge in [-0.3, -0.25) is 34.1 Å². The van der Waals surface area contributed by atoms with Crippen LogP contribution in [-0.4, -0.2) is 86.1 Å². The van der Waals surface area contributed by atoms with Gasteiger partial charge in [0.25, 0.3) is 5.69 Å². The summed E-state index contributed by atoms with van der Waals surface area (Å²) >= 11 is 0. The maximum atomic E-state index is 14.0. The molecule has 5 amide bonds. The van der Waals surface area contributed by atoms with Crippen molar-refractivity contribution in [2.24, 2.45) is 5.92 Å². The molecule has 0 aromatic heterocycles. The molecule has 0 radical (unpaired) electrons. The monoisotopic (exact) mass is 650 g/mol. The zero-order valence-corrected chi connectivity index (χ0v) is 27.0. The van der Waals surface area contributed by atoms with Crippen molar-refractivity contribution in [3.63, 3.8) is 0 Å². The minimum absolute atomic E-state index is 0.00746. The van der Waals surface area contributed by atoms with Gasteiger partial charge in [0.15, 0.2) is 0 Å². The third-order valence-corrected chi connectivity index (χ3v) is 8.59. The Kier molecular flexibility index (Phi) is 11.2. The van der Waals surface area contributed by atoms with Crippen molar-refractivity contribution in [2.75, 3.05) is 6.54 Å². The molecule has 14 nitrogen and oxygen atoms in total.